The van der Waals surface area contributed by atoms with Gasteiger partial charge in [0.1, 0.15) is 0 Å². The third kappa shape index (κ3) is 5.38. The summed E-state index contributed by atoms with van der Waals surface area (Å²) in [6, 6.07) is 16.6. The van der Waals surface area contributed by atoms with Gasteiger partial charge in [-0.05, 0) is 25.1 Å². The summed E-state index contributed by atoms with van der Waals surface area (Å²) in [5, 5.41) is 14.5. The molecule has 3 aromatic rings. The minimum atomic E-state index is -0.253. The lowest BCUT2D eigenvalue weighted by atomic mass is 10.1. The molecule has 2 N–H and O–H groups in total. The van der Waals surface area contributed by atoms with Gasteiger partial charge in [-0.2, -0.15) is 0 Å². The molecule has 138 valence electrons. The minimum Gasteiger partial charge on any atom is -0.330 e. The number of hydrogen-bond acceptors (Lipinski definition) is 7. The maximum absolute atomic E-state index is 12.5. The normalized spacial score (nSPS) is 11.6. The Balaban J connectivity index is 1.63. The van der Waals surface area contributed by atoms with E-state index in [2.05, 4.69) is 20.8 Å². The van der Waals surface area contributed by atoms with Crippen LogP contribution in [-0.2, 0) is 4.79 Å². The van der Waals surface area contributed by atoms with Crippen LogP contribution in [0, 0.1) is 0 Å². The summed E-state index contributed by atoms with van der Waals surface area (Å²) in [5.74, 6) is -0.0628. The van der Waals surface area contributed by atoms with Crippen molar-refractivity contribution in [1.82, 2.24) is 10.2 Å². The van der Waals surface area contributed by atoms with Gasteiger partial charge in [0.2, 0.25) is 11.0 Å². The van der Waals surface area contributed by atoms with Crippen LogP contribution in [-0.4, -0.2) is 27.1 Å². The Labute approximate surface area is 165 Å². The van der Waals surface area contributed by atoms with Crippen LogP contribution < -0.4 is 10.6 Å². The highest BCUT2D eigenvalue weighted by atomic mass is 32.2. The van der Waals surface area contributed by atoms with Gasteiger partial charge in [-0.3, -0.25) is 9.59 Å². The highest BCUT2D eigenvalue weighted by Crippen LogP contribution is 2.32. The molecule has 2 aromatic carbocycles. The predicted molar refractivity (Wildman–Crippen MR) is 110 cm³/mol. The number of benzene rings is 2. The maximum Gasteiger partial charge on any atom is 0.221 e. The zero-order chi connectivity index (χ0) is 19.2. The van der Waals surface area contributed by atoms with Crippen LogP contribution in [0.2, 0.25) is 0 Å². The van der Waals surface area contributed by atoms with Gasteiger partial charge in [-0.15, -0.1) is 10.2 Å². The molecule has 0 saturated carbocycles. The monoisotopic (exact) mass is 398 g/mol. The minimum absolute atomic E-state index is 0.0633. The van der Waals surface area contributed by atoms with Crippen LogP contribution in [0.1, 0.15) is 24.2 Å². The molecule has 1 amide bonds. The van der Waals surface area contributed by atoms with Gasteiger partial charge < -0.3 is 10.6 Å². The SMILES string of the molecule is CC(=O)Nc1cccc(Nc2nnc(SC(C)C(=O)c3ccccc3)s2)c1. The quantitative estimate of drug-likeness (QED) is 0.447. The number of rotatable bonds is 7. The summed E-state index contributed by atoms with van der Waals surface area (Å²) in [6.07, 6.45) is 0. The van der Waals surface area contributed by atoms with E-state index in [1.165, 1.54) is 30.0 Å². The van der Waals surface area contributed by atoms with E-state index >= 15 is 0 Å². The van der Waals surface area contributed by atoms with Gasteiger partial charge in [0.25, 0.3) is 0 Å². The lowest BCUT2D eigenvalue weighted by Crippen LogP contribution is -2.13. The molecule has 0 aliphatic carbocycles. The number of anilines is 3. The first-order chi connectivity index (χ1) is 13.0. The zero-order valence-electron chi connectivity index (χ0n) is 14.8. The van der Waals surface area contributed by atoms with Crippen molar-refractivity contribution in [3.63, 3.8) is 0 Å². The topological polar surface area (TPSA) is 84.0 Å². The average Bonchev–Trinajstić information content (AvgIpc) is 3.08. The predicted octanol–water partition coefficient (Wildman–Crippen LogP) is 4.60. The molecule has 8 heteroatoms. The number of hydrogen-bond donors (Lipinski definition) is 2. The van der Waals surface area contributed by atoms with Gasteiger partial charge in [-0.25, -0.2) is 0 Å². The van der Waals surface area contributed by atoms with Crippen LogP contribution in [0.15, 0.2) is 58.9 Å². The molecule has 6 nitrogen and oxygen atoms in total. The van der Waals surface area contributed by atoms with E-state index in [9.17, 15) is 9.59 Å². The van der Waals surface area contributed by atoms with Gasteiger partial charge in [0.15, 0.2) is 10.1 Å². The van der Waals surface area contributed by atoms with E-state index in [1.54, 1.807) is 0 Å². The standard InChI is InChI=1S/C19H18N4O2S2/c1-12(17(25)14-7-4-3-5-8-14)26-19-23-22-18(27-19)21-16-10-6-9-15(11-16)20-13(2)24/h3-12H,1-2H3,(H,20,24)(H,21,22). The van der Waals surface area contributed by atoms with E-state index < -0.39 is 0 Å². The van der Waals surface area contributed by atoms with E-state index in [0.717, 1.165) is 5.69 Å². The Morgan fingerprint density at radius 2 is 1.78 bits per heavy atom. The Kier molecular flexibility index (Phi) is 6.20. The largest absolute Gasteiger partial charge is 0.330 e. The molecule has 0 spiro atoms. The molecule has 1 unspecified atom stereocenters. The van der Waals surface area contributed by atoms with E-state index in [1.807, 2.05) is 61.5 Å². The number of carbonyl (C=O) groups is 2. The molecular weight excluding hydrogens is 380 g/mol. The molecule has 1 atom stereocenters. The lowest BCUT2D eigenvalue weighted by molar-refractivity contribution is -0.114. The van der Waals surface area contributed by atoms with Crippen molar-refractivity contribution >= 4 is 51.3 Å². The molecule has 1 aromatic heterocycles. The zero-order valence-corrected chi connectivity index (χ0v) is 16.4. The van der Waals surface area contributed by atoms with Crippen molar-refractivity contribution in [2.24, 2.45) is 0 Å². The van der Waals surface area contributed by atoms with Crippen molar-refractivity contribution in [2.75, 3.05) is 10.6 Å². The molecule has 0 aliphatic rings. The van der Waals surface area contributed by atoms with Crippen LogP contribution in [0.3, 0.4) is 0 Å². The number of thioether (sulfide) groups is 1. The molecule has 3 rings (SSSR count). The Morgan fingerprint density at radius 1 is 1.04 bits per heavy atom. The smallest absolute Gasteiger partial charge is 0.221 e. The highest BCUT2D eigenvalue weighted by Gasteiger charge is 2.18. The number of carbonyl (C=O) groups excluding carboxylic acids is 2. The average molecular weight is 399 g/mol. The molecular formula is C19H18N4O2S2. The second-order valence-corrected chi connectivity index (χ2v) is 8.32. The first kappa shape index (κ1) is 19.1. The van der Waals surface area contributed by atoms with Crippen LogP contribution in [0.5, 0.6) is 0 Å². The third-order valence-electron chi connectivity index (χ3n) is 3.55. The number of Topliss-reactive ketones (excluding diaryl/α,β-unsaturated/α-hetero) is 1. The fourth-order valence-corrected chi connectivity index (χ4v) is 4.34. The second kappa shape index (κ2) is 8.79. The number of nitrogens with zero attached hydrogens (tertiary/aromatic N) is 2. The number of aromatic nitrogens is 2. The van der Waals surface area contributed by atoms with Crippen molar-refractivity contribution < 1.29 is 9.59 Å². The number of ketones is 1. The Bertz CT molecular complexity index is 944. The second-order valence-electron chi connectivity index (χ2n) is 5.75. The molecule has 0 radical (unpaired) electrons. The lowest BCUT2D eigenvalue weighted by Gasteiger charge is -2.07. The van der Waals surface area contributed by atoms with Crippen molar-refractivity contribution in [3.05, 3.63) is 60.2 Å². The summed E-state index contributed by atoms with van der Waals surface area (Å²) in [6.45, 7) is 3.33. The van der Waals surface area contributed by atoms with Gasteiger partial charge >= 0.3 is 0 Å². The molecule has 27 heavy (non-hydrogen) atoms. The maximum atomic E-state index is 12.5. The van der Waals surface area contributed by atoms with Crippen LogP contribution >= 0.6 is 23.1 Å². The fourth-order valence-electron chi connectivity index (χ4n) is 2.35. The van der Waals surface area contributed by atoms with Crippen LogP contribution in [0.25, 0.3) is 0 Å². The van der Waals surface area contributed by atoms with E-state index in [0.29, 0.717) is 20.7 Å². The molecule has 1 heterocycles. The van der Waals surface area contributed by atoms with Crippen molar-refractivity contribution in [1.29, 1.82) is 0 Å². The summed E-state index contributed by atoms with van der Waals surface area (Å²) < 4.78 is 0.715. The van der Waals surface area contributed by atoms with Crippen molar-refractivity contribution in [2.45, 2.75) is 23.4 Å². The molecule has 0 aliphatic heterocycles. The molecule has 0 bridgehead atoms. The summed E-state index contributed by atoms with van der Waals surface area (Å²) in [4.78, 5) is 23.6. The Morgan fingerprint density at radius 3 is 2.52 bits per heavy atom. The van der Waals surface area contributed by atoms with Gasteiger partial charge in [0, 0.05) is 23.9 Å². The first-order valence-corrected chi connectivity index (χ1v) is 9.95. The summed E-state index contributed by atoms with van der Waals surface area (Å²) >= 11 is 2.77. The Hall–Kier alpha value is -2.71. The van der Waals surface area contributed by atoms with Gasteiger partial charge in [-0.1, -0.05) is 59.5 Å². The molecule has 0 fully saturated rings. The molecule has 0 saturated heterocycles. The first-order valence-electron chi connectivity index (χ1n) is 8.25. The van der Waals surface area contributed by atoms with Crippen molar-refractivity contribution in [3.8, 4) is 0 Å². The third-order valence-corrected chi connectivity index (χ3v) is 5.57. The number of nitrogens with one attached hydrogen (secondary N) is 2. The van der Waals surface area contributed by atoms with Gasteiger partial charge in [0.05, 0.1) is 5.25 Å². The summed E-state index contributed by atoms with van der Waals surface area (Å²) in [7, 11) is 0. The summed E-state index contributed by atoms with van der Waals surface area (Å²) in [5.41, 5.74) is 2.19. The van der Waals surface area contributed by atoms with Crippen LogP contribution in [0.4, 0.5) is 16.5 Å². The fraction of sp³-hybridized carbons (Fsp3) is 0.158. The van der Waals surface area contributed by atoms with E-state index in [4.69, 9.17) is 0 Å². The highest BCUT2D eigenvalue weighted by molar-refractivity contribution is 8.02. The number of amides is 1. The van der Waals surface area contributed by atoms with E-state index in [-0.39, 0.29) is 16.9 Å².